The summed E-state index contributed by atoms with van der Waals surface area (Å²) in [6.07, 6.45) is 7.01. The van der Waals surface area contributed by atoms with Crippen molar-refractivity contribution in [2.45, 2.75) is 45.2 Å². The second-order valence-corrected chi connectivity index (χ2v) is 10.1. The number of aliphatic hydroxyl groups is 1. The number of nitrogens with one attached hydrogen (secondary N) is 1. The van der Waals surface area contributed by atoms with Gasteiger partial charge in [0.15, 0.2) is 0 Å². The Hall–Kier alpha value is -1.60. The molecule has 2 aliphatic heterocycles. The van der Waals surface area contributed by atoms with Gasteiger partial charge in [-0.25, -0.2) is 4.98 Å². The van der Waals surface area contributed by atoms with E-state index in [4.69, 9.17) is 28.2 Å². The Morgan fingerprint density at radius 3 is 2.72 bits per heavy atom. The number of hydrogen-bond donors (Lipinski definition) is 2. The maximum absolute atomic E-state index is 9.26. The highest BCUT2D eigenvalue weighted by Crippen LogP contribution is 2.34. The third-order valence-electron chi connectivity index (χ3n) is 6.98. The second kappa shape index (κ2) is 10.6. The Morgan fingerprint density at radius 1 is 1.16 bits per heavy atom. The molecule has 0 aliphatic carbocycles. The van der Waals surface area contributed by atoms with Gasteiger partial charge in [0.25, 0.3) is 0 Å². The van der Waals surface area contributed by atoms with Gasteiger partial charge in [0.2, 0.25) is 0 Å². The molecule has 8 heteroatoms. The molecule has 2 fully saturated rings. The highest BCUT2D eigenvalue weighted by atomic mass is 35.5. The normalized spacial score (nSPS) is 21.8. The number of piperidine rings is 1. The van der Waals surface area contributed by atoms with Gasteiger partial charge in [-0.1, -0.05) is 29.3 Å². The van der Waals surface area contributed by atoms with Gasteiger partial charge in [0, 0.05) is 42.3 Å². The molecule has 2 aromatic rings. The summed E-state index contributed by atoms with van der Waals surface area (Å²) in [6, 6.07) is 6.00. The minimum absolute atomic E-state index is 0.0115. The number of anilines is 2. The predicted octanol–water partition coefficient (Wildman–Crippen LogP) is 4.88. The lowest BCUT2D eigenvalue weighted by atomic mass is 9.80. The molecular formula is C24H33Cl2N5O. The first-order valence-electron chi connectivity index (χ1n) is 11.6. The molecule has 2 N–H and O–H groups in total. The van der Waals surface area contributed by atoms with Gasteiger partial charge in [-0.15, -0.1) is 0 Å². The van der Waals surface area contributed by atoms with Crippen molar-refractivity contribution in [2.75, 3.05) is 43.0 Å². The van der Waals surface area contributed by atoms with Crippen molar-refractivity contribution in [1.29, 1.82) is 0 Å². The van der Waals surface area contributed by atoms with Crippen molar-refractivity contribution in [2.24, 2.45) is 11.8 Å². The number of hydrogen-bond acceptors (Lipinski definition) is 6. The lowest BCUT2D eigenvalue weighted by Gasteiger charge is -2.48. The molecule has 2 saturated heterocycles. The number of aromatic nitrogens is 2. The van der Waals surface area contributed by atoms with Crippen molar-refractivity contribution in [1.82, 2.24) is 14.9 Å². The van der Waals surface area contributed by atoms with Crippen LogP contribution < -0.4 is 10.2 Å². The van der Waals surface area contributed by atoms with Crippen LogP contribution >= 0.6 is 23.2 Å². The summed E-state index contributed by atoms with van der Waals surface area (Å²) >= 11 is 12.4. The van der Waals surface area contributed by atoms with Gasteiger partial charge in [-0.05, 0) is 69.2 Å². The molecule has 6 nitrogen and oxygen atoms in total. The summed E-state index contributed by atoms with van der Waals surface area (Å²) in [7, 11) is 0. The number of aliphatic hydroxyl groups excluding tert-OH is 1. The van der Waals surface area contributed by atoms with Crippen LogP contribution in [0.15, 0.2) is 30.6 Å². The fourth-order valence-electron chi connectivity index (χ4n) is 4.92. The van der Waals surface area contributed by atoms with E-state index in [1.54, 1.807) is 12.3 Å². The Labute approximate surface area is 200 Å². The summed E-state index contributed by atoms with van der Waals surface area (Å²) in [5.74, 6) is 3.08. The van der Waals surface area contributed by atoms with Gasteiger partial charge in [0.05, 0.1) is 18.4 Å². The van der Waals surface area contributed by atoms with Crippen molar-refractivity contribution in [3.63, 3.8) is 0 Å². The fraction of sp³-hybridized carbons (Fsp3) is 0.583. The third-order valence-corrected chi connectivity index (χ3v) is 7.54. The molecule has 1 aromatic heterocycles. The Morgan fingerprint density at radius 2 is 1.97 bits per heavy atom. The van der Waals surface area contributed by atoms with Crippen LogP contribution in [0.5, 0.6) is 0 Å². The second-order valence-electron chi connectivity index (χ2n) is 9.22. The van der Waals surface area contributed by atoms with Crippen LogP contribution in [-0.4, -0.2) is 58.8 Å². The van der Waals surface area contributed by atoms with Crippen LogP contribution in [0.4, 0.5) is 11.6 Å². The molecule has 1 aromatic carbocycles. The monoisotopic (exact) mass is 477 g/mol. The van der Waals surface area contributed by atoms with E-state index in [1.807, 2.05) is 18.3 Å². The van der Waals surface area contributed by atoms with E-state index in [-0.39, 0.29) is 12.6 Å². The highest BCUT2D eigenvalue weighted by molar-refractivity contribution is 6.35. The van der Waals surface area contributed by atoms with E-state index in [0.29, 0.717) is 22.0 Å². The third kappa shape index (κ3) is 5.48. The zero-order chi connectivity index (χ0) is 22.7. The molecule has 0 unspecified atom stereocenters. The molecule has 2 aliphatic rings. The number of rotatable bonds is 8. The van der Waals surface area contributed by atoms with Crippen molar-refractivity contribution < 1.29 is 5.11 Å². The highest BCUT2D eigenvalue weighted by Gasteiger charge is 2.37. The summed E-state index contributed by atoms with van der Waals surface area (Å²) < 4.78 is 0. The predicted molar refractivity (Wildman–Crippen MR) is 132 cm³/mol. The maximum atomic E-state index is 9.26. The lowest BCUT2D eigenvalue weighted by Crippen LogP contribution is -2.54. The van der Waals surface area contributed by atoms with E-state index >= 15 is 0 Å². The zero-order valence-corrected chi connectivity index (χ0v) is 20.4. The summed E-state index contributed by atoms with van der Waals surface area (Å²) in [5, 5.41) is 13.9. The molecule has 174 valence electrons. The maximum Gasteiger partial charge on any atom is 0.149 e. The molecule has 4 rings (SSSR count). The average Bonchev–Trinajstić information content (AvgIpc) is 2.73. The lowest BCUT2D eigenvalue weighted by molar-refractivity contribution is 0.0791. The van der Waals surface area contributed by atoms with Crippen LogP contribution in [0.3, 0.4) is 0 Å². The van der Waals surface area contributed by atoms with Gasteiger partial charge in [-0.2, -0.15) is 0 Å². The fourth-order valence-corrected chi connectivity index (χ4v) is 5.49. The minimum Gasteiger partial charge on any atom is -0.396 e. The van der Waals surface area contributed by atoms with Gasteiger partial charge in [-0.3, -0.25) is 4.98 Å². The Kier molecular flexibility index (Phi) is 7.77. The smallest absolute Gasteiger partial charge is 0.149 e. The quantitative estimate of drug-likeness (QED) is 0.564. The van der Waals surface area contributed by atoms with Crippen LogP contribution in [0, 0.1) is 11.8 Å². The van der Waals surface area contributed by atoms with Gasteiger partial charge >= 0.3 is 0 Å². The number of benzene rings is 1. The van der Waals surface area contributed by atoms with Gasteiger partial charge in [0.1, 0.15) is 11.6 Å². The number of likely N-dealkylation sites (tertiary alicyclic amines) is 1. The van der Waals surface area contributed by atoms with Gasteiger partial charge < -0.3 is 20.2 Å². The molecule has 3 heterocycles. The van der Waals surface area contributed by atoms with Crippen LogP contribution in [0.1, 0.15) is 44.7 Å². The topological polar surface area (TPSA) is 64.5 Å². The van der Waals surface area contributed by atoms with Crippen LogP contribution in [0.2, 0.25) is 10.0 Å². The van der Waals surface area contributed by atoms with Crippen molar-refractivity contribution in [3.8, 4) is 0 Å². The van der Waals surface area contributed by atoms with E-state index in [1.165, 1.54) is 12.8 Å². The van der Waals surface area contributed by atoms with Crippen molar-refractivity contribution >= 4 is 34.8 Å². The molecule has 0 saturated carbocycles. The first-order chi connectivity index (χ1) is 15.4. The first-order valence-corrected chi connectivity index (χ1v) is 12.3. The number of halogens is 2. The van der Waals surface area contributed by atoms with Crippen LogP contribution in [0.25, 0.3) is 0 Å². The molecule has 32 heavy (non-hydrogen) atoms. The average molecular weight is 478 g/mol. The van der Waals surface area contributed by atoms with E-state index < -0.39 is 0 Å². The molecule has 0 radical (unpaired) electrons. The molecular weight excluding hydrogens is 445 g/mol. The molecule has 0 amide bonds. The first kappa shape index (κ1) is 23.6. The summed E-state index contributed by atoms with van der Waals surface area (Å²) in [4.78, 5) is 14.1. The molecule has 0 spiro atoms. The standard InChI is InChI=1S/C24H33Cl2N5O/c1-16(7-9-32)30-8-3-4-18(13-30)19-14-31(15-19)24-12-27-11-23(29-24)28-17(2)21-6-5-20(25)10-22(21)26/h5-6,10-12,16-19,32H,3-4,7-9,13-15H2,1-2H3,(H,28,29)/t16-,17+,18+/m0/s1. The molecule has 0 bridgehead atoms. The number of nitrogens with zero attached hydrogens (tertiary/aromatic N) is 4. The largest absolute Gasteiger partial charge is 0.396 e. The van der Waals surface area contributed by atoms with Crippen molar-refractivity contribution in [3.05, 3.63) is 46.2 Å². The molecule has 3 atom stereocenters. The SMILES string of the molecule is C[C@@H](Nc1cncc(N2CC([C@@H]3CCCN([C@@H](C)CCO)C3)C2)n1)c1ccc(Cl)cc1Cl. The zero-order valence-electron chi connectivity index (χ0n) is 18.8. The Balaban J connectivity index is 1.33. The van der Waals surface area contributed by atoms with E-state index in [2.05, 4.69) is 33.9 Å². The Bertz CT molecular complexity index is 908. The summed E-state index contributed by atoms with van der Waals surface area (Å²) in [6.45, 7) is 8.92. The van der Waals surface area contributed by atoms with Crippen LogP contribution in [-0.2, 0) is 0 Å². The minimum atomic E-state index is -0.0115. The summed E-state index contributed by atoms with van der Waals surface area (Å²) in [5.41, 5.74) is 0.976. The van der Waals surface area contributed by atoms with E-state index in [0.717, 1.165) is 55.7 Å². The van der Waals surface area contributed by atoms with E-state index in [9.17, 15) is 5.11 Å².